The van der Waals surface area contributed by atoms with Crippen molar-refractivity contribution in [1.82, 2.24) is 9.55 Å². The third-order valence-electron chi connectivity index (χ3n) is 3.48. The number of hydrogen-bond acceptors (Lipinski definition) is 5. The average Bonchev–Trinajstić information content (AvgIpc) is 3.01. The molecule has 2 heterocycles. The summed E-state index contributed by atoms with van der Waals surface area (Å²) in [6.07, 6.45) is 2.07. The first-order valence-corrected chi connectivity index (χ1v) is 8.36. The SMILES string of the molecule is CCCOC(=O)Cn1cnc2scc(-c3ccc(F)cc3)c2c1=O. The van der Waals surface area contributed by atoms with Crippen molar-refractivity contribution in [3.8, 4) is 11.1 Å². The second kappa shape index (κ2) is 6.92. The molecule has 0 saturated heterocycles. The van der Waals surface area contributed by atoms with Crippen molar-refractivity contribution in [2.75, 3.05) is 6.61 Å². The van der Waals surface area contributed by atoms with E-state index in [1.807, 2.05) is 12.3 Å². The van der Waals surface area contributed by atoms with E-state index in [1.54, 1.807) is 12.1 Å². The molecular weight excluding hydrogens is 331 g/mol. The average molecular weight is 346 g/mol. The molecule has 0 bridgehead atoms. The van der Waals surface area contributed by atoms with Gasteiger partial charge in [-0.3, -0.25) is 14.2 Å². The number of carbonyl (C=O) groups is 1. The molecule has 1 aromatic carbocycles. The summed E-state index contributed by atoms with van der Waals surface area (Å²) in [6.45, 7) is 2.04. The summed E-state index contributed by atoms with van der Waals surface area (Å²) in [4.78, 5) is 29.3. The van der Waals surface area contributed by atoms with Crippen LogP contribution in [-0.2, 0) is 16.1 Å². The highest BCUT2D eigenvalue weighted by molar-refractivity contribution is 7.17. The maximum Gasteiger partial charge on any atom is 0.326 e. The quantitative estimate of drug-likeness (QED) is 0.666. The molecule has 3 rings (SSSR count). The molecule has 24 heavy (non-hydrogen) atoms. The molecule has 0 saturated carbocycles. The number of esters is 1. The zero-order valence-corrected chi connectivity index (χ0v) is 13.8. The molecule has 124 valence electrons. The largest absolute Gasteiger partial charge is 0.464 e. The number of fused-ring (bicyclic) bond motifs is 1. The van der Waals surface area contributed by atoms with Crippen molar-refractivity contribution in [3.63, 3.8) is 0 Å². The van der Waals surface area contributed by atoms with Gasteiger partial charge in [0, 0.05) is 10.9 Å². The summed E-state index contributed by atoms with van der Waals surface area (Å²) in [6, 6.07) is 5.91. The highest BCUT2D eigenvalue weighted by atomic mass is 32.1. The fraction of sp³-hybridized carbons (Fsp3) is 0.235. The Morgan fingerprint density at radius 1 is 1.33 bits per heavy atom. The van der Waals surface area contributed by atoms with Gasteiger partial charge in [0.2, 0.25) is 0 Å². The minimum absolute atomic E-state index is 0.180. The summed E-state index contributed by atoms with van der Waals surface area (Å²) in [5, 5.41) is 2.24. The molecule has 5 nitrogen and oxygen atoms in total. The van der Waals surface area contributed by atoms with E-state index in [0.717, 1.165) is 12.0 Å². The maximum atomic E-state index is 13.1. The van der Waals surface area contributed by atoms with Crippen LogP contribution in [0.3, 0.4) is 0 Å². The monoisotopic (exact) mass is 346 g/mol. The normalized spacial score (nSPS) is 10.9. The van der Waals surface area contributed by atoms with Crippen LogP contribution >= 0.6 is 11.3 Å². The fourth-order valence-electron chi connectivity index (χ4n) is 2.32. The van der Waals surface area contributed by atoms with Crippen molar-refractivity contribution in [2.24, 2.45) is 0 Å². The van der Waals surface area contributed by atoms with E-state index in [4.69, 9.17) is 4.74 Å². The van der Waals surface area contributed by atoms with Crippen LogP contribution in [0.2, 0.25) is 0 Å². The minimum atomic E-state index is -0.473. The Hall–Kier alpha value is -2.54. The molecule has 0 aliphatic carbocycles. The van der Waals surface area contributed by atoms with Gasteiger partial charge in [-0.05, 0) is 24.1 Å². The molecule has 0 unspecified atom stereocenters. The van der Waals surface area contributed by atoms with Crippen LogP contribution in [0.5, 0.6) is 0 Å². The number of carbonyl (C=O) groups excluding carboxylic acids is 1. The zero-order valence-electron chi connectivity index (χ0n) is 13.0. The molecule has 0 atom stereocenters. The van der Waals surface area contributed by atoms with Gasteiger partial charge < -0.3 is 4.74 Å². The third kappa shape index (κ3) is 3.21. The van der Waals surface area contributed by atoms with Crippen molar-refractivity contribution in [1.29, 1.82) is 0 Å². The van der Waals surface area contributed by atoms with E-state index in [9.17, 15) is 14.0 Å². The Labute approximate surface area is 141 Å². The van der Waals surface area contributed by atoms with Gasteiger partial charge in [0.05, 0.1) is 18.3 Å². The van der Waals surface area contributed by atoms with Crippen molar-refractivity contribution < 1.29 is 13.9 Å². The van der Waals surface area contributed by atoms with Crippen molar-refractivity contribution >= 4 is 27.5 Å². The number of nitrogens with zero attached hydrogens (tertiary/aromatic N) is 2. The summed E-state index contributed by atoms with van der Waals surface area (Å²) in [5.41, 5.74) is 1.10. The second-order valence-corrected chi connectivity index (χ2v) is 6.09. The Balaban J connectivity index is 2.01. The van der Waals surface area contributed by atoms with Crippen LogP contribution in [0.25, 0.3) is 21.3 Å². The van der Waals surface area contributed by atoms with E-state index in [1.165, 1.54) is 34.4 Å². The molecule has 3 aromatic rings. The van der Waals surface area contributed by atoms with Crippen molar-refractivity contribution in [2.45, 2.75) is 19.9 Å². The van der Waals surface area contributed by atoms with E-state index < -0.39 is 5.97 Å². The fourth-order valence-corrected chi connectivity index (χ4v) is 3.23. The lowest BCUT2D eigenvalue weighted by Gasteiger charge is -2.06. The molecule has 0 spiro atoms. The molecule has 0 aliphatic heterocycles. The second-order valence-electron chi connectivity index (χ2n) is 5.23. The topological polar surface area (TPSA) is 61.2 Å². The first-order valence-electron chi connectivity index (χ1n) is 7.48. The highest BCUT2D eigenvalue weighted by Gasteiger charge is 2.15. The highest BCUT2D eigenvalue weighted by Crippen LogP contribution is 2.30. The number of halogens is 1. The minimum Gasteiger partial charge on any atom is -0.464 e. The molecule has 0 aliphatic rings. The molecule has 0 amide bonds. The van der Waals surface area contributed by atoms with Gasteiger partial charge in [-0.2, -0.15) is 0 Å². The predicted molar refractivity (Wildman–Crippen MR) is 90.5 cm³/mol. The van der Waals surface area contributed by atoms with E-state index in [-0.39, 0.29) is 17.9 Å². The van der Waals surface area contributed by atoms with Crippen molar-refractivity contribution in [3.05, 3.63) is 52.1 Å². The van der Waals surface area contributed by atoms with E-state index in [0.29, 0.717) is 22.4 Å². The summed E-state index contributed by atoms with van der Waals surface area (Å²) >= 11 is 1.33. The first kappa shape index (κ1) is 16.3. The van der Waals surface area contributed by atoms with Gasteiger partial charge in [-0.1, -0.05) is 19.1 Å². The molecular formula is C17H15FN2O3S. The van der Waals surface area contributed by atoms with Gasteiger partial charge in [0.1, 0.15) is 17.2 Å². The number of rotatable bonds is 5. The lowest BCUT2D eigenvalue weighted by molar-refractivity contribution is -0.144. The standard InChI is InChI=1S/C17H15FN2O3S/c1-2-7-23-14(21)8-20-10-19-16-15(17(20)22)13(9-24-16)11-3-5-12(18)6-4-11/h3-6,9-10H,2,7-8H2,1H3. The number of thiophene rings is 1. The zero-order chi connectivity index (χ0) is 17.1. The van der Waals surface area contributed by atoms with Gasteiger partial charge in [-0.25, -0.2) is 9.37 Å². The lowest BCUT2D eigenvalue weighted by atomic mass is 10.1. The summed E-state index contributed by atoms with van der Waals surface area (Å²) in [5.74, 6) is -0.814. The molecule has 0 fully saturated rings. The number of benzene rings is 1. The van der Waals surface area contributed by atoms with Crippen LogP contribution < -0.4 is 5.56 Å². The summed E-state index contributed by atoms with van der Waals surface area (Å²) < 4.78 is 19.3. The van der Waals surface area contributed by atoms with Gasteiger partial charge in [0.25, 0.3) is 5.56 Å². The van der Waals surface area contributed by atoms with Gasteiger partial charge in [0.15, 0.2) is 0 Å². The Kier molecular flexibility index (Phi) is 4.71. The Bertz CT molecular complexity index is 931. The third-order valence-corrected chi connectivity index (χ3v) is 4.37. The number of ether oxygens (including phenoxy) is 1. The Morgan fingerprint density at radius 2 is 2.08 bits per heavy atom. The molecule has 7 heteroatoms. The lowest BCUT2D eigenvalue weighted by Crippen LogP contribution is -2.25. The van der Waals surface area contributed by atoms with Crippen LogP contribution in [0.4, 0.5) is 4.39 Å². The van der Waals surface area contributed by atoms with Gasteiger partial charge in [-0.15, -0.1) is 11.3 Å². The van der Waals surface area contributed by atoms with Crippen LogP contribution in [0.15, 0.2) is 40.8 Å². The van der Waals surface area contributed by atoms with E-state index in [2.05, 4.69) is 4.98 Å². The van der Waals surface area contributed by atoms with Gasteiger partial charge >= 0.3 is 5.97 Å². The van der Waals surface area contributed by atoms with E-state index >= 15 is 0 Å². The first-order chi connectivity index (χ1) is 11.6. The number of hydrogen-bond donors (Lipinski definition) is 0. The Morgan fingerprint density at radius 3 is 2.79 bits per heavy atom. The summed E-state index contributed by atoms with van der Waals surface area (Å²) in [7, 11) is 0. The smallest absolute Gasteiger partial charge is 0.326 e. The van der Waals surface area contributed by atoms with Crippen LogP contribution in [-0.4, -0.2) is 22.1 Å². The molecule has 2 aromatic heterocycles. The molecule has 0 radical (unpaired) electrons. The predicted octanol–water partition coefficient (Wildman–Crippen LogP) is 3.22. The van der Waals surface area contributed by atoms with Crippen LogP contribution in [0.1, 0.15) is 13.3 Å². The van der Waals surface area contributed by atoms with Crippen LogP contribution in [0, 0.1) is 5.82 Å². The molecule has 0 N–H and O–H groups in total. The maximum absolute atomic E-state index is 13.1. The number of aromatic nitrogens is 2.